The quantitative estimate of drug-likeness (QED) is 0.654. The molecule has 0 unspecified atom stereocenters. The van der Waals surface area contributed by atoms with E-state index in [-0.39, 0.29) is 22.2 Å². The Morgan fingerprint density at radius 2 is 1.29 bits per heavy atom. The van der Waals surface area contributed by atoms with E-state index in [1.165, 1.54) is 0 Å². The highest BCUT2D eigenvalue weighted by molar-refractivity contribution is 5.86. The minimum atomic E-state index is -0.302. The van der Waals surface area contributed by atoms with Gasteiger partial charge >= 0.3 is 0 Å². The van der Waals surface area contributed by atoms with Crippen LogP contribution < -0.4 is 0 Å². The normalized spacial score (nSPS) is 14.9. The van der Waals surface area contributed by atoms with Crippen molar-refractivity contribution in [2.45, 2.75) is 88.0 Å². The minimum absolute atomic E-state index is 0.0674. The maximum absolute atomic E-state index is 12.6. The van der Waals surface area contributed by atoms with E-state index in [0.717, 1.165) is 19.3 Å². The van der Waals surface area contributed by atoms with Gasteiger partial charge in [0.2, 0.25) is 0 Å². The SMILES string of the molecule is CC(C)(C)C[C@H](CCCC(=O)C(C)(C)C)C(=O)C(C)(C)C. The van der Waals surface area contributed by atoms with Crippen molar-refractivity contribution in [2.75, 3.05) is 0 Å². The summed E-state index contributed by atoms with van der Waals surface area (Å²) < 4.78 is 0. The molecule has 0 heterocycles. The van der Waals surface area contributed by atoms with Crippen LogP contribution in [0, 0.1) is 22.2 Å². The van der Waals surface area contributed by atoms with E-state index in [1.54, 1.807) is 0 Å². The largest absolute Gasteiger partial charge is 0.299 e. The van der Waals surface area contributed by atoms with E-state index in [4.69, 9.17) is 0 Å². The molecule has 0 aromatic rings. The van der Waals surface area contributed by atoms with E-state index < -0.39 is 0 Å². The molecule has 0 rings (SSSR count). The first kappa shape index (κ1) is 20.3. The Labute approximate surface area is 132 Å². The van der Waals surface area contributed by atoms with Crippen LogP contribution in [0.5, 0.6) is 0 Å². The van der Waals surface area contributed by atoms with Crippen LogP contribution in [0.3, 0.4) is 0 Å². The Bertz CT molecular complexity index is 358. The van der Waals surface area contributed by atoms with Gasteiger partial charge in [-0.25, -0.2) is 0 Å². The summed E-state index contributed by atoms with van der Waals surface area (Å²) in [6.45, 7) is 18.4. The summed E-state index contributed by atoms with van der Waals surface area (Å²) in [5.41, 5.74) is -0.433. The molecule has 0 spiro atoms. The third-order valence-electron chi connectivity index (χ3n) is 3.76. The number of rotatable bonds is 6. The molecule has 0 N–H and O–H groups in total. The van der Waals surface area contributed by atoms with Gasteiger partial charge in [-0.2, -0.15) is 0 Å². The molecule has 2 nitrogen and oxygen atoms in total. The second kappa shape index (κ2) is 7.07. The smallest absolute Gasteiger partial charge is 0.141 e. The molecule has 0 radical (unpaired) electrons. The van der Waals surface area contributed by atoms with Gasteiger partial charge in [0.05, 0.1) is 0 Å². The number of ketones is 2. The Kier molecular flexibility index (Phi) is 6.84. The van der Waals surface area contributed by atoms with Crippen molar-refractivity contribution in [3.8, 4) is 0 Å². The van der Waals surface area contributed by atoms with Crippen LogP contribution in [0.4, 0.5) is 0 Å². The van der Waals surface area contributed by atoms with Gasteiger partial charge in [-0.05, 0) is 24.7 Å². The predicted octanol–water partition coefficient (Wildman–Crippen LogP) is 5.44. The van der Waals surface area contributed by atoms with Crippen LogP contribution in [0.15, 0.2) is 0 Å². The lowest BCUT2D eigenvalue weighted by molar-refractivity contribution is -0.132. The molecule has 21 heavy (non-hydrogen) atoms. The Morgan fingerprint density at radius 1 is 0.810 bits per heavy atom. The van der Waals surface area contributed by atoms with Gasteiger partial charge in [0.25, 0.3) is 0 Å². The van der Waals surface area contributed by atoms with E-state index >= 15 is 0 Å². The second-order valence-corrected chi connectivity index (χ2v) is 9.64. The topological polar surface area (TPSA) is 34.1 Å². The van der Waals surface area contributed by atoms with Gasteiger partial charge in [0, 0.05) is 23.2 Å². The van der Waals surface area contributed by atoms with Crippen LogP contribution in [-0.2, 0) is 9.59 Å². The molecule has 0 aliphatic rings. The highest BCUT2D eigenvalue weighted by Gasteiger charge is 2.32. The first-order valence-electron chi connectivity index (χ1n) is 8.22. The van der Waals surface area contributed by atoms with Crippen LogP contribution >= 0.6 is 0 Å². The van der Waals surface area contributed by atoms with Crippen molar-refractivity contribution in [3.05, 3.63) is 0 Å². The molecule has 0 aliphatic carbocycles. The summed E-state index contributed by atoms with van der Waals surface area (Å²) in [4.78, 5) is 24.6. The zero-order chi connectivity index (χ0) is 17.1. The van der Waals surface area contributed by atoms with Gasteiger partial charge in [0.15, 0.2) is 0 Å². The lowest BCUT2D eigenvalue weighted by Gasteiger charge is -2.30. The van der Waals surface area contributed by atoms with Gasteiger partial charge in [-0.1, -0.05) is 62.3 Å². The molecule has 2 heteroatoms. The molecular formula is C19H36O2. The number of carbonyl (C=O) groups is 2. The van der Waals surface area contributed by atoms with Crippen molar-refractivity contribution in [1.82, 2.24) is 0 Å². The first-order valence-corrected chi connectivity index (χ1v) is 8.22. The fourth-order valence-corrected chi connectivity index (χ4v) is 2.56. The molecule has 1 atom stereocenters. The number of hydrogen-bond acceptors (Lipinski definition) is 2. The Hall–Kier alpha value is -0.660. The molecule has 0 aromatic carbocycles. The number of hydrogen-bond donors (Lipinski definition) is 0. The zero-order valence-electron chi connectivity index (χ0n) is 15.7. The third kappa shape index (κ3) is 8.38. The van der Waals surface area contributed by atoms with Crippen molar-refractivity contribution < 1.29 is 9.59 Å². The van der Waals surface area contributed by atoms with Gasteiger partial charge in [0.1, 0.15) is 11.6 Å². The lowest BCUT2D eigenvalue weighted by Crippen LogP contribution is -2.31. The van der Waals surface area contributed by atoms with Crippen molar-refractivity contribution in [2.24, 2.45) is 22.2 Å². The fraction of sp³-hybridized carbons (Fsp3) is 0.895. The van der Waals surface area contributed by atoms with Crippen molar-refractivity contribution in [1.29, 1.82) is 0 Å². The summed E-state index contributed by atoms with van der Waals surface area (Å²) in [7, 11) is 0. The van der Waals surface area contributed by atoms with E-state index in [9.17, 15) is 9.59 Å². The van der Waals surface area contributed by atoms with Gasteiger partial charge < -0.3 is 0 Å². The standard InChI is InChI=1S/C19H36O2/c1-17(2,3)13-14(16(21)19(7,8)9)11-10-12-15(20)18(4,5)6/h14H,10-13H2,1-9H3/t14-/m0/s1. The maximum atomic E-state index is 12.6. The molecule has 0 fully saturated rings. The zero-order valence-corrected chi connectivity index (χ0v) is 15.7. The Balaban J connectivity index is 4.72. The van der Waals surface area contributed by atoms with Crippen molar-refractivity contribution in [3.63, 3.8) is 0 Å². The first-order chi connectivity index (χ1) is 9.14. The van der Waals surface area contributed by atoms with Crippen molar-refractivity contribution >= 4 is 11.6 Å². The predicted molar refractivity (Wildman–Crippen MR) is 90.3 cm³/mol. The summed E-state index contributed by atoms with van der Waals surface area (Å²) >= 11 is 0. The Morgan fingerprint density at radius 3 is 1.62 bits per heavy atom. The molecule has 124 valence electrons. The summed E-state index contributed by atoms with van der Waals surface area (Å²) in [6, 6.07) is 0. The average Bonchev–Trinajstić information content (AvgIpc) is 2.22. The molecular weight excluding hydrogens is 260 g/mol. The average molecular weight is 296 g/mol. The van der Waals surface area contributed by atoms with Crippen LogP contribution in [0.2, 0.25) is 0 Å². The number of Topliss-reactive ketones (excluding diaryl/α,β-unsaturated/α-hetero) is 2. The molecule has 0 saturated carbocycles. The monoisotopic (exact) mass is 296 g/mol. The van der Waals surface area contributed by atoms with Crippen LogP contribution in [0.25, 0.3) is 0 Å². The molecule has 0 aromatic heterocycles. The third-order valence-corrected chi connectivity index (χ3v) is 3.76. The minimum Gasteiger partial charge on any atom is -0.299 e. The number of carbonyl (C=O) groups excluding carboxylic acids is 2. The lowest BCUT2D eigenvalue weighted by atomic mass is 9.73. The highest BCUT2D eigenvalue weighted by atomic mass is 16.1. The second-order valence-electron chi connectivity index (χ2n) is 9.64. The molecule has 0 bridgehead atoms. The fourth-order valence-electron chi connectivity index (χ4n) is 2.56. The van der Waals surface area contributed by atoms with E-state index in [1.807, 2.05) is 41.5 Å². The summed E-state index contributed by atoms with van der Waals surface area (Å²) in [6.07, 6.45) is 3.13. The molecule has 0 saturated heterocycles. The van der Waals surface area contributed by atoms with Crippen LogP contribution in [0.1, 0.15) is 88.0 Å². The van der Waals surface area contributed by atoms with E-state index in [0.29, 0.717) is 18.0 Å². The molecule has 0 amide bonds. The van der Waals surface area contributed by atoms with Gasteiger partial charge in [-0.3, -0.25) is 9.59 Å². The summed E-state index contributed by atoms with van der Waals surface area (Å²) in [5, 5.41) is 0. The summed E-state index contributed by atoms with van der Waals surface area (Å²) in [5.74, 6) is 0.693. The van der Waals surface area contributed by atoms with Gasteiger partial charge in [-0.15, -0.1) is 0 Å². The molecule has 0 aliphatic heterocycles. The maximum Gasteiger partial charge on any atom is 0.141 e. The van der Waals surface area contributed by atoms with E-state index in [2.05, 4.69) is 20.8 Å². The van der Waals surface area contributed by atoms with Crippen LogP contribution in [-0.4, -0.2) is 11.6 Å². The highest BCUT2D eigenvalue weighted by Crippen LogP contribution is 2.33.